The van der Waals surface area contributed by atoms with Crippen LogP contribution in [0.2, 0.25) is 10.0 Å². The second kappa shape index (κ2) is 5.85. The second-order valence-electron chi connectivity index (χ2n) is 4.61. The molecule has 0 radical (unpaired) electrons. The van der Waals surface area contributed by atoms with Crippen molar-refractivity contribution in [3.05, 3.63) is 22.2 Å². The van der Waals surface area contributed by atoms with E-state index in [9.17, 15) is 8.42 Å². The van der Waals surface area contributed by atoms with Gasteiger partial charge in [-0.2, -0.15) is 0 Å². The Labute approximate surface area is 123 Å². The number of nitrogens with one attached hydrogen (secondary N) is 1. The van der Waals surface area contributed by atoms with E-state index < -0.39 is 15.6 Å². The molecular weight excluding hydrogens is 311 g/mol. The minimum Gasteiger partial charge on any atom is -0.495 e. The number of methoxy groups -OCH3 is 1. The number of hydrogen-bond donors (Lipinski definition) is 2. The maximum Gasteiger partial charge on any atom is 0.242 e. The van der Waals surface area contributed by atoms with E-state index in [-0.39, 0.29) is 21.5 Å². The minimum absolute atomic E-state index is 0.0292. The fraction of sp³-hybridized carbons (Fsp3) is 0.455. The molecule has 0 aliphatic carbocycles. The number of ether oxygens (including phenoxy) is 1. The van der Waals surface area contributed by atoms with Crippen LogP contribution in [0.25, 0.3) is 0 Å². The van der Waals surface area contributed by atoms with Crippen molar-refractivity contribution in [2.75, 3.05) is 13.7 Å². The van der Waals surface area contributed by atoms with Crippen LogP contribution in [0.1, 0.15) is 13.8 Å². The summed E-state index contributed by atoms with van der Waals surface area (Å²) in [7, 11) is -2.39. The molecule has 108 valence electrons. The first-order chi connectivity index (χ1) is 8.63. The number of benzene rings is 1. The predicted molar refractivity (Wildman–Crippen MR) is 76.5 cm³/mol. The van der Waals surface area contributed by atoms with E-state index in [1.165, 1.54) is 19.2 Å². The van der Waals surface area contributed by atoms with Crippen molar-refractivity contribution >= 4 is 33.2 Å². The summed E-state index contributed by atoms with van der Waals surface area (Å²) < 4.78 is 31.9. The molecule has 0 amide bonds. The van der Waals surface area contributed by atoms with E-state index in [0.717, 1.165) is 0 Å². The van der Waals surface area contributed by atoms with Crippen LogP contribution in [0.5, 0.6) is 5.75 Å². The van der Waals surface area contributed by atoms with Crippen molar-refractivity contribution < 1.29 is 13.2 Å². The summed E-state index contributed by atoms with van der Waals surface area (Å²) in [5.74, 6) is 0.309. The third-order valence-electron chi connectivity index (χ3n) is 2.42. The Bertz CT molecular complexity index is 574. The Morgan fingerprint density at radius 3 is 2.37 bits per heavy atom. The van der Waals surface area contributed by atoms with E-state index in [4.69, 9.17) is 33.7 Å². The lowest BCUT2D eigenvalue weighted by molar-refractivity contribution is 0.414. The average molecular weight is 327 g/mol. The van der Waals surface area contributed by atoms with E-state index in [1.54, 1.807) is 13.8 Å². The van der Waals surface area contributed by atoms with Gasteiger partial charge in [0.1, 0.15) is 10.6 Å². The van der Waals surface area contributed by atoms with Crippen LogP contribution in [-0.4, -0.2) is 27.6 Å². The molecule has 0 spiro atoms. The van der Waals surface area contributed by atoms with Crippen molar-refractivity contribution in [1.29, 1.82) is 0 Å². The van der Waals surface area contributed by atoms with E-state index in [1.807, 2.05) is 0 Å². The van der Waals surface area contributed by atoms with Gasteiger partial charge in [0.15, 0.2) is 0 Å². The zero-order valence-electron chi connectivity index (χ0n) is 10.8. The van der Waals surface area contributed by atoms with Crippen molar-refractivity contribution in [3.63, 3.8) is 0 Å². The molecule has 0 heterocycles. The standard InChI is InChI=1S/C11H16Cl2N2O3S/c1-11(2,6-14)15-19(16,17)10-5-7(12)9(18-3)4-8(10)13/h4-5,15H,6,14H2,1-3H3. The van der Waals surface area contributed by atoms with Crippen LogP contribution < -0.4 is 15.2 Å². The van der Waals surface area contributed by atoms with Crippen LogP contribution in [-0.2, 0) is 10.0 Å². The van der Waals surface area contributed by atoms with Crippen LogP contribution in [0.15, 0.2) is 17.0 Å². The number of hydrogen-bond acceptors (Lipinski definition) is 4. The lowest BCUT2D eigenvalue weighted by Gasteiger charge is -2.24. The van der Waals surface area contributed by atoms with Gasteiger partial charge in [0.2, 0.25) is 10.0 Å². The summed E-state index contributed by atoms with van der Waals surface area (Å²) in [6.45, 7) is 3.49. The Kier molecular flexibility index (Phi) is 5.08. The SMILES string of the molecule is COc1cc(Cl)c(S(=O)(=O)NC(C)(C)CN)cc1Cl. The molecule has 1 aromatic rings. The van der Waals surface area contributed by atoms with Crippen LogP contribution in [0.3, 0.4) is 0 Å². The molecular formula is C11H16Cl2N2O3S. The van der Waals surface area contributed by atoms with Crippen molar-refractivity contribution in [3.8, 4) is 5.75 Å². The van der Waals surface area contributed by atoms with Gasteiger partial charge in [0, 0.05) is 18.2 Å². The van der Waals surface area contributed by atoms with Crippen molar-refractivity contribution in [1.82, 2.24) is 4.72 Å². The van der Waals surface area contributed by atoms with Crippen molar-refractivity contribution in [2.24, 2.45) is 5.73 Å². The molecule has 0 unspecified atom stereocenters. The Hall–Kier alpha value is -0.530. The van der Waals surface area contributed by atoms with Gasteiger partial charge in [-0.05, 0) is 19.9 Å². The zero-order chi connectivity index (χ0) is 14.8. The maximum atomic E-state index is 12.2. The minimum atomic E-state index is -3.81. The molecule has 0 aliphatic rings. The second-order valence-corrected chi connectivity index (χ2v) is 7.08. The fourth-order valence-electron chi connectivity index (χ4n) is 1.33. The van der Waals surface area contributed by atoms with Gasteiger partial charge < -0.3 is 10.5 Å². The maximum absolute atomic E-state index is 12.2. The highest BCUT2D eigenvalue weighted by Gasteiger charge is 2.27. The van der Waals surface area contributed by atoms with Crippen LogP contribution in [0.4, 0.5) is 0 Å². The fourth-order valence-corrected chi connectivity index (χ4v) is 3.61. The quantitative estimate of drug-likeness (QED) is 0.867. The summed E-state index contributed by atoms with van der Waals surface area (Å²) >= 11 is 11.9. The first-order valence-electron chi connectivity index (χ1n) is 5.40. The molecule has 0 aromatic heterocycles. The third kappa shape index (κ3) is 3.97. The predicted octanol–water partition coefficient (Wildman–Crippen LogP) is 2.02. The van der Waals surface area contributed by atoms with E-state index in [0.29, 0.717) is 5.75 Å². The molecule has 19 heavy (non-hydrogen) atoms. The highest BCUT2D eigenvalue weighted by molar-refractivity contribution is 7.89. The molecule has 3 N–H and O–H groups in total. The lowest BCUT2D eigenvalue weighted by atomic mass is 10.1. The molecule has 8 heteroatoms. The largest absolute Gasteiger partial charge is 0.495 e. The topological polar surface area (TPSA) is 81.4 Å². The first-order valence-corrected chi connectivity index (χ1v) is 7.64. The molecule has 0 atom stereocenters. The van der Waals surface area contributed by atoms with Gasteiger partial charge in [-0.3, -0.25) is 0 Å². The monoisotopic (exact) mass is 326 g/mol. The zero-order valence-corrected chi connectivity index (χ0v) is 13.2. The molecule has 5 nitrogen and oxygen atoms in total. The number of halogens is 2. The Morgan fingerprint density at radius 1 is 1.32 bits per heavy atom. The molecule has 0 saturated carbocycles. The van der Waals surface area contributed by atoms with Crippen LogP contribution in [0, 0.1) is 0 Å². The smallest absolute Gasteiger partial charge is 0.242 e. The molecule has 0 aliphatic heterocycles. The summed E-state index contributed by atoms with van der Waals surface area (Å²) in [6.07, 6.45) is 0. The summed E-state index contributed by atoms with van der Waals surface area (Å²) in [4.78, 5) is -0.110. The molecule has 0 fully saturated rings. The normalized spacial score (nSPS) is 12.5. The van der Waals surface area contributed by atoms with Gasteiger partial charge in [-0.25, -0.2) is 13.1 Å². The van der Waals surface area contributed by atoms with Gasteiger partial charge in [-0.15, -0.1) is 0 Å². The average Bonchev–Trinajstić information content (AvgIpc) is 2.30. The van der Waals surface area contributed by atoms with Gasteiger partial charge >= 0.3 is 0 Å². The highest BCUT2D eigenvalue weighted by atomic mass is 35.5. The Balaban J connectivity index is 3.27. The highest BCUT2D eigenvalue weighted by Crippen LogP contribution is 2.33. The number of nitrogens with two attached hydrogens (primary N) is 1. The molecule has 0 bridgehead atoms. The third-order valence-corrected chi connectivity index (χ3v) is 4.88. The number of rotatable bonds is 5. The Morgan fingerprint density at radius 2 is 1.89 bits per heavy atom. The van der Waals surface area contributed by atoms with E-state index >= 15 is 0 Å². The van der Waals surface area contributed by atoms with Gasteiger partial charge in [0.05, 0.1) is 17.2 Å². The number of sulfonamides is 1. The van der Waals surface area contributed by atoms with Crippen LogP contribution >= 0.6 is 23.2 Å². The summed E-state index contributed by atoms with van der Waals surface area (Å²) in [6, 6.07) is 2.60. The van der Waals surface area contributed by atoms with Gasteiger partial charge in [-0.1, -0.05) is 23.2 Å². The van der Waals surface area contributed by atoms with Gasteiger partial charge in [0.25, 0.3) is 0 Å². The van der Waals surface area contributed by atoms with E-state index in [2.05, 4.69) is 4.72 Å². The molecule has 0 saturated heterocycles. The molecule has 1 rings (SSSR count). The summed E-state index contributed by atoms with van der Waals surface area (Å²) in [5.41, 5.74) is 4.72. The molecule has 1 aromatic carbocycles. The lowest BCUT2D eigenvalue weighted by Crippen LogP contribution is -2.48. The van der Waals surface area contributed by atoms with Crippen molar-refractivity contribution in [2.45, 2.75) is 24.3 Å². The summed E-state index contributed by atoms with van der Waals surface area (Å²) in [5, 5.41) is 0.194. The first kappa shape index (κ1) is 16.5.